The van der Waals surface area contributed by atoms with Crippen LogP contribution in [0, 0.1) is 5.92 Å². The highest BCUT2D eigenvalue weighted by atomic mass is 14.3. The molecule has 1 fully saturated rings. The van der Waals surface area contributed by atoms with Crippen molar-refractivity contribution in [3.63, 3.8) is 0 Å². The fourth-order valence-corrected chi connectivity index (χ4v) is 1.92. The van der Waals surface area contributed by atoms with Crippen LogP contribution in [0.3, 0.4) is 0 Å². The maximum Gasteiger partial charge on any atom is -0.0292 e. The maximum absolute atomic E-state index is 2.45. The lowest BCUT2D eigenvalue weighted by Gasteiger charge is -2.09. The lowest BCUT2D eigenvalue weighted by molar-refractivity contribution is 0.506. The quantitative estimate of drug-likeness (QED) is 0.418. The van der Waals surface area contributed by atoms with Crippen LogP contribution in [0.4, 0.5) is 0 Å². The topological polar surface area (TPSA) is 0 Å². The molecule has 0 N–H and O–H groups in total. The van der Waals surface area contributed by atoms with E-state index in [4.69, 9.17) is 0 Å². The first-order valence-corrected chi connectivity index (χ1v) is 3.63. The van der Waals surface area contributed by atoms with Gasteiger partial charge >= 0.3 is 0 Å². The van der Waals surface area contributed by atoms with Crippen molar-refractivity contribution in [3.8, 4) is 0 Å². The summed E-state index contributed by atoms with van der Waals surface area (Å²) in [7, 11) is 0. The van der Waals surface area contributed by atoms with Gasteiger partial charge in [-0.05, 0) is 38.0 Å². The summed E-state index contributed by atoms with van der Waals surface area (Å²) in [6.45, 7) is 0. The van der Waals surface area contributed by atoms with Gasteiger partial charge in [0.2, 0.25) is 0 Å². The van der Waals surface area contributed by atoms with E-state index in [2.05, 4.69) is 6.08 Å². The van der Waals surface area contributed by atoms with Gasteiger partial charge < -0.3 is 0 Å². The Morgan fingerprint density at radius 1 is 1.38 bits per heavy atom. The minimum absolute atomic E-state index is 1.09. The zero-order chi connectivity index (χ0) is 5.40. The van der Waals surface area contributed by atoms with E-state index in [9.17, 15) is 0 Å². The van der Waals surface area contributed by atoms with Gasteiger partial charge in [-0.25, -0.2) is 0 Å². The molecule has 0 aromatic rings. The Bertz CT molecular complexity index is 120. The fourth-order valence-electron chi connectivity index (χ4n) is 1.92. The normalized spacial score (nSPS) is 35.0. The summed E-state index contributed by atoms with van der Waals surface area (Å²) in [5.74, 6) is 1.09. The van der Waals surface area contributed by atoms with E-state index in [-0.39, 0.29) is 0 Å². The summed E-state index contributed by atoms with van der Waals surface area (Å²) >= 11 is 0. The van der Waals surface area contributed by atoms with Gasteiger partial charge in [0.05, 0.1) is 0 Å². The first kappa shape index (κ1) is 4.60. The van der Waals surface area contributed by atoms with Crippen molar-refractivity contribution in [2.75, 3.05) is 0 Å². The van der Waals surface area contributed by atoms with Crippen LogP contribution in [0.25, 0.3) is 0 Å². The van der Waals surface area contributed by atoms with E-state index in [1.165, 1.54) is 32.1 Å². The van der Waals surface area contributed by atoms with Gasteiger partial charge in [-0.3, -0.25) is 0 Å². The first-order valence-electron chi connectivity index (χ1n) is 3.63. The van der Waals surface area contributed by atoms with Crippen LogP contribution in [0.15, 0.2) is 11.6 Å². The molecule has 0 nitrogen and oxygen atoms in total. The van der Waals surface area contributed by atoms with Gasteiger partial charge in [-0.1, -0.05) is 11.6 Å². The number of fused-ring (bicyclic) bond motifs is 2. The third-order valence-corrected chi connectivity index (χ3v) is 2.43. The van der Waals surface area contributed by atoms with Crippen LogP contribution in [-0.2, 0) is 0 Å². The van der Waals surface area contributed by atoms with Crippen molar-refractivity contribution < 1.29 is 0 Å². The Morgan fingerprint density at radius 3 is 3.12 bits per heavy atom. The van der Waals surface area contributed by atoms with E-state index in [0.717, 1.165) is 5.92 Å². The minimum atomic E-state index is 1.09. The lowest BCUT2D eigenvalue weighted by Crippen LogP contribution is -1.94. The summed E-state index contributed by atoms with van der Waals surface area (Å²) in [4.78, 5) is 0. The Balaban J connectivity index is 2.22. The molecule has 44 valence electrons. The molecule has 2 bridgehead atoms. The van der Waals surface area contributed by atoms with Gasteiger partial charge in [0.25, 0.3) is 0 Å². The van der Waals surface area contributed by atoms with Crippen LogP contribution in [-0.4, -0.2) is 0 Å². The molecule has 0 aliphatic heterocycles. The summed E-state index contributed by atoms with van der Waals surface area (Å²) in [5.41, 5.74) is 1.75. The van der Waals surface area contributed by atoms with Gasteiger partial charge in [-0.15, -0.1) is 0 Å². The predicted molar refractivity (Wildman–Crippen MR) is 34.7 cm³/mol. The monoisotopic (exact) mass is 108 g/mol. The highest BCUT2D eigenvalue weighted by Gasteiger charge is 2.21. The van der Waals surface area contributed by atoms with Gasteiger partial charge in [-0.2, -0.15) is 0 Å². The van der Waals surface area contributed by atoms with Crippen LogP contribution < -0.4 is 0 Å². The zero-order valence-corrected chi connectivity index (χ0v) is 5.19. The Hall–Kier alpha value is -0.260. The Labute approximate surface area is 50.6 Å². The van der Waals surface area contributed by atoms with Crippen molar-refractivity contribution in [2.24, 2.45) is 5.92 Å². The number of hydrogen-bond donors (Lipinski definition) is 0. The first-order chi connectivity index (χ1) is 3.95. The molecule has 2 rings (SSSR count). The Kier molecular flexibility index (Phi) is 0.927. The van der Waals surface area contributed by atoms with Crippen LogP contribution in [0.1, 0.15) is 32.1 Å². The Morgan fingerprint density at radius 2 is 2.38 bits per heavy atom. The standard InChI is InChI=1S/C8H12/c1-2-7-4-5-8(3-1)6-7/h2,8H,1,3-6H2. The second kappa shape index (κ2) is 1.61. The van der Waals surface area contributed by atoms with Crippen molar-refractivity contribution in [2.45, 2.75) is 32.1 Å². The molecule has 0 aromatic heterocycles. The molecule has 0 spiro atoms. The van der Waals surface area contributed by atoms with Crippen LogP contribution in [0.5, 0.6) is 0 Å². The molecular weight excluding hydrogens is 96.1 g/mol. The molecule has 8 heavy (non-hydrogen) atoms. The number of rotatable bonds is 0. The molecular formula is C8H12. The predicted octanol–water partition coefficient (Wildman–Crippen LogP) is 2.51. The average molecular weight is 108 g/mol. The van der Waals surface area contributed by atoms with Crippen molar-refractivity contribution >= 4 is 0 Å². The van der Waals surface area contributed by atoms with Crippen molar-refractivity contribution in [1.82, 2.24) is 0 Å². The highest BCUT2D eigenvalue weighted by Crippen LogP contribution is 2.37. The van der Waals surface area contributed by atoms with Crippen LogP contribution in [0.2, 0.25) is 0 Å². The smallest absolute Gasteiger partial charge is 0.0292 e. The van der Waals surface area contributed by atoms with E-state index in [1.807, 2.05) is 0 Å². The maximum atomic E-state index is 2.45. The molecule has 0 heterocycles. The lowest BCUT2D eigenvalue weighted by atomic mass is 9.97. The molecule has 2 aliphatic rings. The van der Waals surface area contributed by atoms with Crippen molar-refractivity contribution in [1.29, 1.82) is 0 Å². The largest absolute Gasteiger partial charge is 0.0853 e. The van der Waals surface area contributed by atoms with E-state index in [1.54, 1.807) is 5.57 Å². The highest BCUT2D eigenvalue weighted by molar-refractivity contribution is 5.11. The van der Waals surface area contributed by atoms with Gasteiger partial charge in [0, 0.05) is 0 Å². The fraction of sp³-hybridized carbons (Fsp3) is 0.750. The second-order valence-electron chi connectivity index (χ2n) is 3.05. The molecule has 0 aromatic carbocycles. The summed E-state index contributed by atoms with van der Waals surface area (Å²) < 4.78 is 0. The van der Waals surface area contributed by atoms with Crippen LogP contribution >= 0.6 is 0 Å². The average Bonchev–Trinajstić information content (AvgIpc) is 2.12. The molecule has 1 saturated carbocycles. The molecule has 0 heteroatoms. The molecule has 0 radical (unpaired) electrons. The SMILES string of the molecule is C1=C2CCC(CC1)C2. The summed E-state index contributed by atoms with van der Waals surface area (Å²) in [6, 6.07) is 0. The number of allylic oxidation sites excluding steroid dienone is 2. The zero-order valence-electron chi connectivity index (χ0n) is 5.19. The summed E-state index contributed by atoms with van der Waals surface area (Å²) in [5, 5.41) is 0. The second-order valence-corrected chi connectivity index (χ2v) is 3.05. The third kappa shape index (κ3) is 0.594. The van der Waals surface area contributed by atoms with Gasteiger partial charge in [0.15, 0.2) is 0 Å². The minimum Gasteiger partial charge on any atom is -0.0853 e. The molecule has 0 amide bonds. The molecule has 0 saturated heterocycles. The van der Waals surface area contributed by atoms with Crippen molar-refractivity contribution in [3.05, 3.63) is 11.6 Å². The number of hydrogen-bond acceptors (Lipinski definition) is 0. The molecule has 1 unspecified atom stereocenters. The van der Waals surface area contributed by atoms with E-state index >= 15 is 0 Å². The molecule has 2 aliphatic carbocycles. The summed E-state index contributed by atoms with van der Waals surface area (Å²) in [6.07, 6.45) is 9.66. The van der Waals surface area contributed by atoms with Gasteiger partial charge in [0.1, 0.15) is 0 Å². The van der Waals surface area contributed by atoms with E-state index < -0.39 is 0 Å². The van der Waals surface area contributed by atoms with E-state index in [0.29, 0.717) is 0 Å². The third-order valence-electron chi connectivity index (χ3n) is 2.43. The molecule has 1 atom stereocenters.